The van der Waals surface area contributed by atoms with Crippen LogP contribution in [-0.4, -0.2) is 10.1 Å². The summed E-state index contributed by atoms with van der Waals surface area (Å²) in [5.41, 5.74) is 0.403. The minimum Gasteiger partial charge on any atom is -0.506 e. The molecule has 0 atom stereocenters. The van der Waals surface area contributed by atoms with E-state index < -0.39 is 11.7 Å². The fourth-order valence-corrected chi connectivity index (χ4v) is 2.00. The second kappa shape index (κ2) is 5.81. The standard InChI is InChI=1S/C14H12ClF3N2O/c1-8-2-5-13(21)12(20-8)7-19-9-3-4-11(15)10(6-9)14(16,17)18/h2-6,19,21H,7H2,1H3. The molecule has 0 radical (unpaired) electrons. The quantitative estimate of drug-likeness (QED) is 0.883. The van der Waals surface area contributed by atoms with Gasteiger partial charge in [-0.25, -0.2) is 0 Å². The first-order valence-corrected chi connectivity index (χ1v) is 6.41. The van der Waals surface area contributed by atoms with E-state index in [1.807, 2.05) is 0 Å². The summed E-state index contributed by atoms with van der Waals surface area (Å²) in [4.78, 5) is 4.12. The highest BCUT2D eigenvalue weighted by Gasteiger charge is 2.33. The van der Waals surface area contributed by atoms with Crippen molar-refractivity contribution in [2.75, 3.05) is 5.32 Å². The van der Waals surface area contributed by atoms with Gasteiger partial charge in [-0.3, -0.25) is 4.98 Å². The molecule has 0 fully saturated rings. The molecule has 1 heterocycles. The van der Waals surface area contributed by atoms with Crippen molar-refractivity contribution in [2.45, 2.75) is 19.6 Å². The van der Waals surface area contributed by atoms with Crippen LogP contribution in [0.5, 0.6) is 5.75 Å². The van der Waals surface area contributed by atoms with Crippen molar-refractivity contribution < 1.29 is 18.3 Å². The number of aryl methyl sites for hydroxylation is 1. The van der Waals surface area contributed by atoms with Crippen molar-refractivity contribution in [2.24, 2.45) is 0 Å². The van der Waals surface area contributed by atoms with E-state index in [-0.39, 0.29) is 23.0 Å². The van der Waals surface area contributed by atoms with Crippen LogP contribution in [0.1, 0.15) is 17.0 Å². The van der Waals surface area contributed by atoms with E-state index in [1.165, 1.54) is 18.2 Å². The Balaban J connectivity index is 2.19. The number of aromatic nitrogens is 1. The molecule has 1 aromatic carbocycles. The van der Waals surface area contributed by atoms with Crippen LogP contribution in [0.15, 0.2) is 30.3 Å². The normalized spacial score (nSPS) is 11.5. The molecule has 2 N–H and O–H groups in total. The van der Waals surface area contributed by atoms with Gasteiger partial charge in [-0.1, -0.05) is 11.6 Å². The molecule has 112 valence electrons. The molecule has 3 nitrogen and oxygen atoms in total. The first-order chi connectivity index (χ1) is 9.77. The number of alkyl halides is 3. The molecule has 7 heteroatoms. The first-order valence-electron chi connectivity index (χ1n) is 6.03. The Morgan fingerprint density at radius 1 is 1.24 bits per heavy atom. The minimum absolute atomic E-state index is 0.0156. The average Bonchev–Trinajstić information content (AvgIpc) is 2.40. The van der Waals surface area contributed by atoms with Gasteiger partial charge in [0.2, 0.25) is 0 Å². The molecular formula is C14H12ClF3N2O. The van der Waals surface area contributed by atoms with Gasteiger partial charge < -0.3 is 10.4 Å². The second-order valence-electron chi connectivity index (χ2n) is 4.46. The van der Waals surface area contributed by atoms with Crippen LogP contribution in [0.3, 0.4) is 0 Å². The van der Waals surface area contributed by atoms with E-state index in [0.29, 0.717) is 11.4 Å². The van der Waals surface area contributed by atoms with E-state index in [4.69, 9.17) is 11.6 Å². The molecule has 0 saturated carbocycles. The summed E-state index contributed by atoms with van der Waals surface area (Å²) in [6.07, 6.45) is -4.52. The van der Waals surface area contributed by atoms with Crippen molar-refractivity contribution in [1.29, 1.82) is 0 Å². The Morgan fingerprint density at radius 2 is 1.95 bits per heavy atom. The van der Waals surface area contributed by atoms with Gasteiger partial charge in [0, 0.05) is 11.4 Å². The predicted molar refractivity (Wildman–Crippen MR) is 74.4 cm³/mol. The zero-order chi connectivity index (χ0) is 15.6. The number of halogens is 4. The summed E-state index contributed by atoms with van der Waals surface area (Å²) in [6.45, 7) is 1.86. The minimum atomic E-state index is -4.52. The molecule has 0 aliphatic heterocycles. The molecule has 1 aromatic heterocycles. The largest absolute Gasteiger partial charge is 0.506 e. The van der Waals surface area contributed by atoms with E-state index in [9.17, 15) is 18.3 Å². The highest BCUT2D eigenvalue weighted by molar-refractivity contribution is 6.31. The third kappa shape index (κ3) is 3.78. The van der Waals surface area contributed by atoms with Crippen molar-refractivity contribution in [1.82, 2.24) is 4.98 Å². The molecule has 2 aromatic rings. The average molecular weight is 317 g/mol. The van der Waals surface area contributed by atoms with Crippen molar-refractivity contribution >= 4 is 17.3 Å². The zero-order valence-corrected chi connectivity index (χ0v) is 11.8. The monoisotopic (exact) mass is 316 g/mol. The number of pyridine rings is 1. The smallest absolute Gasteiger partial charge is 0.417 e. The van der Waals surface area contributed by atoms with Crippen molar-refractivity contribution in [3.8, 4) is 5.75 Å². The molecule has 21 heavy (non-hydrogen) atoms. The van der Waals surface area contributed by atoms with Gasteiger partial charge in [0.1, 0.15) is 11.4 Å². The van der Waals surface area contributed by atoms with E-state index >= 15 is 0 Å². The van der Waals surface area contributed by atoms with Crippen LogP contribution in [0.4, 0.5) is 18.9 Å². The van der Waals surface area contributed by atoms with Crippen LogP contribution in [0.25, 0.3) is 0 Å². The lowest BCUT2D eigenvalue weighted by molar-refractivity contribution is -0.137. The number of anilines is 1. The Bertz CT molecular complexity index is 659. The zero-order valence-electron chi connectivity index (χ0n) is 11.0. The number of hydrogen-bond donors (Lipinski definition) is 2. The summed E-state index contributed by atoms with van der Waals surface area (Å²) in [7, 11) is 0. The highest BCUT2D eigenvalue weighted by Crippen LogP contribution is 2.36. The number of aromatic hydroxyl groups is 1. The van der Waals surface area contributed by atoms with Gasteiger partial charge in [-0.05, 0) is 37.3 Å². The number of rotatable bonds is 3. The van der Waals surface area contributed by atoms with Crippen molar-refractivity contribution in [3.63, 3.8) is 0 Å². The number of hydrogen-bond acceptors (Lipinski definition) is 3. The third-order valence-electron chi connectivity index (χ3n) is 2.82. The molecule has 0 aliphatic rings. The topological polar surface area (TPSA) is 45.1 Å². The molecule has 0 bridgehead atoms. The van der Waals surface area contributed by atoms with Gasteiger partial charge in [0.25, 0.3) is 0 Å². The Hall–Kier alpha value is -1.95. The van der Waals surface area contributed by atoms with Gasteiger partial charge in [0.05, 0.1) is 17.1 Å². The molecule has 0 saturated heterocycles. The van der Waals surface area contributed by atoms with Crippen LogP contribution in [0, 0.1) is 6.92 Å². The molecule has 0 unspecified atom stereocenters. The Kier molecular flexibility index (Phi) is 4.27. The molecule has 2 rings (SSSR count). The maximum Gasteiger partial charge on any atom is 0.417 e. The summed E-state index contributed by atoms with van der Waals surface area (Å²) >= 11 is 5.54. The lowest BCUT2D eigenvalue weighted by atomic mass is 10.2. The molecule has 0 aliphatic carbocycles. The third-order valence-corrected chi connectivity index (χ3v) is 3.15. The van der Waals surface area contributed by atoms with Gasteiger partial charge in [0.15, 0.2) is 0 Å². The van der Waals surface area contributed by atoms with Gasteiger partial charge in [-0.2, -0.15) is 13.2 Å². The highest BCUT2D eigenvalue weighted by atomic mass is 35.5. The van der Waals surface area contributed by atoms with E-state index in [1.54, 1.807) is 13.0 Å². The SMILES string of the molecule is Cc1ccc(O)c(CNc2ccc(Cl)c(C(F)(F)F)c2)n1. The fraction of sp³-hybridized carbons (Fsp3) is 0.214. The number of nitrogens with one attached hydrogen (secondary N) is 1. The van der Waals surface area contributed by atoms with E-state index in [0.717, 1.165) is 6.07 Å². The van der Waals surface area contributed by atoms with Crippen LogP contribution in [0.2, 0.25) is 5.02 Å². The summed E-state index contributed by atoms with van der Waals surface area (Å²) in [5.74, 6) is -0.0156. The molecule has 0 spiro atoms. The molecular weight excluding hydrogens is 305 g/mol. The summed E-state index contributed by atoms with van der Waals surface area (Å²) in [5, 5.41) is 12.1. The Labute approximate surface area is 124 Å². The fourth-order valence-electron chi connectivity index (χ4n) is 1.77. The first kappa shape index (κ1) is 15.4. The maximum atomic E-state index is 12.7. The van der Waals surface area contributed by atoms with E-state index in [2.05, 4.69) is 10.3 Å². The summed E-state index contributed by atoms with van der Waals surface area (Å²) in [6, 6.07) is 6.67. The van der Waals surface area contributed by atoms with Crippen LogP contribution < -0.4 is 5.32 Å². The summed E-state index contributed by atoms with van der Waals surface area (Å²) < 4.78 is 38.2. The second-order valence-corrected chi connectivity index (χ2v) is 4.87. The van der Waals surface area contributed by atoms with Gasteiger partial charge >= 0.3 is 6.18 Å². The lowest BCUT2D eigenvalue weighted by Crippen LogP contribution is -2.08. The maximum absolute atomic E-state index is 12.7. The lowest BCUT2D eigenvalue weighted by Gasteiger charge is -2.12. The van der Waals surface area contributed by atoms with Crippen molar-refractivity contribution in [3.05, 3.63) is 52.3 Å². The Morgan fingerprint density at radius 3 is 2.62 bits per heavy atom. The number of nitrogens with zero attached hydrogens (tertiary/aromatic N) is 1. The van der Waals surface area contributed by atoms with Gasteiger partial charge in [-0.15, -0.1) is 0 Å². The number of benzene rings is 1. The predicted octanol–water partition coefficient (Wildman–Crippen LogP) is 4.38. The molecule has 0 amide bonds. The van der Waals surface area contributed by atoms with Crippen LogP contribution >= 0.6 is 11.6 Å². The van der Waals surface area contributed by atoms with Crippen LogP contribution in [-0.2, 0) is 12.7 Å².